The third-order valence-electron chi connectivity index (χ3n) is 10.7. The Bertz CT molecular complexity index is 3110. The molecule has 10 aromatic rings. The highest BCUT2D eigenvalue weighted by Gasteiger charge is 2.21. The smallest absolute Gasteiger partial charge is 0.194 e. The average Bonchev–Trinajstić information content (AvgIpc) is 3.37. The maximum Gasteiger partial charge on any atom is 0.194 e. The minimum absolute atomic E-state index is 0.495. The lowest BCUT2D eigenvalue weighted by atomic mass is 9.89. The first-order chi connectivity index (χ1) is 30.7. The van der Waals surface area contributed by atoms with Gasteiger partial charge in [-0.2, -0.15) is 0 Å². The van der Waals surface area contributed by atoms with Crippen molar-refractivity contribution in [2.45, 2.75) is 0 Å². The van der Waals surface area contributed by atoms with Gasteiger partial charge in [0.05, 0.1) is 6.57 Å². The van der Waals surface area contributed by atoms with Crippen LogP contribution in [-0.2, 0) is 0 Å². The maximum atomic E-state index is 8.23. The second-order valence-electron chi connectivity index (χ2n) is 14.6. The molecule has 0 aliphatic rings. The molecular formula is C55H35N7. The summed E-state index contributed by atoms with van der Waals surface area (Å²) in [5.74, 6) is 3.30. The quantitative estimate of drug-likeness (QED) is 0.135. The average molecular weight is 794 g/mol. The van der Waals surface area contributed by atoms with E-state index in [1.54, 1.807) is 0 Å². The van der Waals surface area contributed by atoms with Gasteiger partial charge in [0.2, 0.25) is 0 Å². The van der Waals surface area contributed by atoms with E-state index in [4.69, 9.17) is 36.5 Å². The van der Waals surface area contributed by atoms with E-state index in [2.05, 4.69) is 53.4 Å². The molecule has 0 aliphatic carbocycles. The lowest BCUT2D eigenvalue weighted by Gasteiger charge is -2.17. The summed E-state index contributed by atoms with van der Waals surface area (Å²) in [4.78, 5) is 34.4. The molecule has 290 valence electrons. The molecule has 0 N–H and O–H groups in total. The first kappa shape index (κ1) is 37.5. The topological polar surface area (TPSA) is 81.7 Å². The van der Waals surface area contributed by atoms with Crippen molar-refractivity contribution in [2.24, 2.45) is 0 Å². The number of hydrogen-bond acceptors (Lipinski definition) is 6. The van der Waals surface area contributed by atoms with E-state index in [0.717, 1.165) is 66.8 Å². The minimum Gasteiger partial charge on any atom is -0.238 e. The number of nitrogens with zero attached hydrogens (tertiary/aromatic N) is 7. The molecule has 0 bridgehead atoms. The molecule has 62 heavy (non-hydrogen) atoms. The molecule has 0 unspecified atom stereocenters. The summed E-state index contributed by atoms with van der Waals surface area (Å²) in [7, 11) is 0. The second kappa shape index (κ2) is 16.9. The van der Waals surface area contributed by atoms with Crippen LogP contribution in [-0.4, -0.2) is 29.9 Å². The van der Waals surface area contributed by atoms with Crippen LogP contribution < -0.4 is 0 Å². The van der Waals surface area contributed by atoms with Crippen molar-refractivity contribution in [3.8, 4) is 102 Å². The molecule has 0 amide bonds. The Morgan fingerprint density at radius 3 is 1.02 bits per heavy atom. The van der Waals surface area contributed by atoms with Crippen molar-refractivity contribution < 1.29 is 0 Å². The third kappa shape index (κ3) is 7.63. The Morgan fingerprint density at radius 1 is 0.242 bits per heavy atom. The fraction of sp³-hybridized carbons (Fsp3) is 0. The molecule has 7 heteroatoms. The van der Waals surface area contributed by atoms with E-state index < -0.39 is 0 Å². The SMILES string of the molecule is [C-]#[N+]c1ccccc1-c1cc(-c2cc(-c3ccccc3)ccc2-c2nc(-c3ccccc3)nc(-c3ccccc3)n2)ccc1-c1nc(-c2ccccc2)nc(-c2ccccc2)n1. The van der Waals surface area contributed by atoms with Crippen LogP contribution in [0.5, 0.6) is 0 Å². The fourth-order valence-corrected chi connectivity index (χ4v) is 7.57. The largest absolute Gasteiger partial charge is 0.238 e. The van der Waals surface area contributed by atoms with Crippen LogP contribution in [0.3, 0.4) is 0 Å². The molecule has 10 rings (SSSR count). The third-order valence-corrected chi connectivity index (χ3v) is 10.7. The monoisotopic (exact) mass is 793 g/mol. The normalized spacial score (nSPS) is 10.9. The van der Waals surface area contributed by atoms with E-state index in [9.17, 15) is 0 Å². The Morgan fingerprint density at radius 2 is 0.581 bits per heavy atom. The van der Waals surface area contributed by atoms with Crippen molar-refractivity contribution in [3.05, 3.63) is 224 Å². The first-order valence-corrected chi connectivity index (χ1v) is 20.2. The molecular weight excluding hydrogens is 759 g/mol. The Hall–Kier alpha value is -8.73. The zero-order valence-electron chi connectivity index (χ0n) is 33.3. The lowest BCUT2D eigenvalue weighted by Crippen LogP contribution is -2.02. The number of benzene rings is 8. The van der Waals surface area contributed by atoms with Gasteiger partial charge in [0.15, 0.2) is 40.6 Å². The zero-order valence-corrected chi connectivity index (χ0v) is 33.3. The lowest BCUT2D eigenvalue weighted by molar-refractivity contribution is 1.07. The molecule has 2 aromatic heterocycles. The van der Waals surface area contributed by atoms with Crippen LogP contribution in [0.15, 0.2) is 212 Å². The highest BCUT2D eigenvalue weighted by Crippen LogP contribution is 2.43. The van der Waals surface area contributed by atoms with Crippen LogP contribution in [0, 0.1) is 6.57 Å². The van der Waals surface area contributed by atoms with E-state index in [1.165, 1.54) is 0 Å². The first-order valence-electron chi connectivity index (χ1n) is 20.2. The standard InChI is InChI=1S/C55H35N7/c1-56-49-30-18-17-29-44(49)48-36-43(32-34-46(48)55-61-52(40-25-13-5-14-26-40)58-53(62-55)41-27-15-6-16-28-41)47-35-42(37-19-7-2-8-20-37)31-33-45(47)54-59-50(38-21-9-3-10-22-38)57-51(60-54)39-23-11-4-12-24-39/h2-36H. The predicted molar refractivity (Wildman–Crippen MR) is 248 cm³/mol. The summed E-state index contributed by atoms with van der Waals surface area (Å²) in [5.41, 5.74) is 11.1. The summed E-state index contributed by atoms with van der Waals surface area (Å²) in [6.45, 7) is 8.23. The second-order valence-corrected chi connectivity index (χ2v) is 14.6. The van der Waals surface area contributed by atoms with Gasteiger partial charge in [0.25, 0.3) is 0 Å². The number of aromatic nitrogens is 6. The van der Waals surface area contributed by atoms with Gasteiger partial charge in [0, 0.05) is 33.4 Å². The van der Waals surface area contributed by atoms with Gasteiger partial charge in [-0.05, 0) is 57.6 Å². The van der Waals surface area contributed by atoms with Crippen molar-refractivity contribution >= 4 is 5.69 Å². The highest BCUT2D eigenvalue weighted by molar-refractivity contribution is 5.94. The van der Waals surface area contributed by atoms with E-state index >= 15 is 0 Å². The highest BCUT2D eigenvalue weighted by atomic mass is 15.0. The van der Waals surface area contributed by atoms with Gasteiger partial charge in [-0.25, -0.2) is 34.7 Å². The molecule has 0 saturated carbocycles. The summed E-state index contributed by atoms with van der Waals surface area (Å²) in [5, 5.41) is 0. The van der Waals surface area contributed by atoms with Gasteiger partial charge in [-0.15, -0.1) is 0 Å². The van der Waals surface area contributed by atoms with Gasteiger partial charge in [-0.1, -0.05) is 188 Å². The van der Waals surface area contributed by atoms with Gasteiger partial charge >= 0.3 is 0 Å². The summed E-state index contributed by atoms with van der Waals surface area (Å²) in [6.07, 6.45) is 0. The molecule has 0 aliphatic heterocycles. The predicted octanol–water partition coefficient (Wildman–Crippen LogP) is 13.6. The van der Waals surface area contributed by atoms with Gasteiger partial charge < -0.3 is 0 Å². The molecule has 0 fully saturated rings. The van der Waals surface area contributed by atoms with Crippen LogP contribution in [0.4, 0.5) is 5.69 Å². The molecule has 0 radical (unpaired) electrons. The van der Waals surface area contributed by atoms with Crippen LogP contribution in [0.25, 0.3) is 107 Å². The summed E-state index contributed by atoms with van der Waals surface area (Å²) >= 11 is 0. The molecule has 0 saturated heterocycles. The Labute approximate surface area is 359 Å². The molecule has 8 aromatic carbocycles. The number of rotatable bonds is 9. The molecule has 0 spiro atoms. The van der Waals surface area contributed by atoms with Crippen LogP contribution >= 0.6 is 0 Å². The van der Waals surface area contributed by atoms with Crippen molar-refractivity contribution in [1.29, 1.82) is 0 Å². The summed E-state index contributed by atoms with van der Waals surface area (Å²) < 4.78 is 0. The Balaban J connectivity index is 1.23. The summed E-state index contributed by atoms with van der Waals surface area (Å²) in [6, 6.07) is 70.6. The van der Waals surface area contributed by atoms with Crippen LogP contribution in [0.1, 0.15) is 0 Å². The number of para-hydroxylation sites is 1. The fourth-order valence-electron chi connectivity index (χ4n) is 7.57. The molecule has 2 heterocycles. The number of hydrogen-bond donors (Lipinski definition) is 0. The van der Waals surface area contributed by atoms with Crippen molar-refractivity contribution in [2.75, 3.05) is 0 Å². The van der Waals surface area contributed by atoms with Gasteiger partial charge in [-0.3, -0.25) is 0 Å². The zero-order chi connectivity index (χ0) is 41.7. The van der Waals surface area contributed by atoms with Gasteiger partial charge in [0.1, 0.15) is 0 Å². The van der Waals surface area contributed by atoms with Crippen molar-refractivity contribution in [3.63, 3.8) is 0 Å². The molecule has 7 nitrogen and oxygen atoms in total. The van der Waals surface area contributed by atoms with Crippen molar-refractivity contribution in [1.82, 2.24) is 29.9 Å². The van der Waals surface area contributed by atoms with E-state index in [0.29, 0.717) is 40.6 Å². The minimum atomic E-state index is 0.495. The van der Waals surface area contributed by atoms with E-state index in [-0.39, 0.29) is 0 Å². The van der Waals surface area contributed by atoms with Crippen LogP contribution in [0.2, 0.25) is 0 Å². The Kier molecular flexibility index (Phi) is 10.2. The maximum absolute atomic E-state index is 8.23. The van der Waals surface area contributed by atoms with E-state index in [1.807, 2.05) is 164 Å². The molecule has 0 atom stereocenters.